The maximum absolute atomic E-state index is 11.8. The molecule has 0 saturated heterocycles. The fraction of sp³-hybridized carbons (Fsp3) is 0.0952. The fourth-order valence-electron chi connectivity index (χ4n) is 3.05. The van der Waals surface area contributed by atoms with Gasteiger partial charge in [-0.1, -0.05) is 28.1 Å². The zero-order chi connectivity index (χ0) is 21.3. The summed E-state index contributed by atoms with van der Waals surface area (Å²) in [6, 6.07) is 12.6. The number of halogens is 1. The van der Waals surface area contributed by atoms with E-state index in [1.807, 2.05) is 26.0 Å². The first kappa shape index (κ1) is 19.7. The highest BCUT2D eigenvalue weighted by molar-refractivity contribution is 9.10. The third kappa shape index (κ3) is 3.92. The smallest absolute Gasteiger partial charge is 0.393 e. The molecule has 150 valence electrons. The SMILES string of the molecule is Cc1cc(C)cc(Oc2ncnc(Oc3ccc(Br)c4cccnc34)c2[N+](=O)[O-])c1. The van der Waals surface area contributed by atoms with Crippen LogP contribution in [0.15, 0.2) is 59.5 Å². The summed E-state index contributed by atoms with van der Waals surface area (Å²) < 4.78 is 12.4. The predicted molar refractivity (Wildman–Crippen MR) is 114 cm³/mol. The molecule has 0 N–H and O–H groups in total. The van der Waals surface area contributed by atoms with Gasteiger partial charge in [0.1, 0.15) is 17.6 Å². The van der Waals surface area contributed by atoms with Crippen molar-refractivity contribution < 1.29 is 14.4 Å². The molecule has 0 bridgehead atoms. The van der Waals surface area contributed by atoms with Crippen LogP contribution in [0.2, 0.25) is 0 Å². The number of hydrogen-bond donors (Lipinski definition) is 0. The molecule has 2 heterocycles. The van der Waals surface area contributed by atoms with Crippen LogP contribution in [-0.4, -0.2) is 19.9 Å². The molecule has 0 spiro atoms. The monoisotopic (exact) mass is 466 g/mol. The molecule has 0 radical (unpaired) electrons. The molecule has 2 aromatic carbocycles. The van der Waals surface area contributed by atoms with Crippen molar-refractivity contribution in [1.29, 1.82) is 0 Å². The number of benzene rings is 2. The lowest BCUT2D eigenvalue weighted by atomic mass is 10.1. The normalized spacial score (nSPS) is 10.8. The Morgan fingerprint density at radius 3 is 2.37 bits per heavy atom. The molecular formula is C21H15BrN4O4. The first-order valence-corrected chi connectivity index (χ1v) is 9.68. The molecule has 8 nitrogen and oxygen atoms in total. The van der Waals surface area contributed by atoms with Crippen LogP contribution in [-0.2, 0) is 0 Å². The topological polar surface area (TPSA) is 100 Å². The molecule has 2 aromatic heterocycles. The van der Waals surface area contributed by atoms with Crippen LogP contribution < -0.4 is 9.47 Å². The van der Waals surface area contributed by atoms with Crippen LogP contribution in [0.5, 0.6) is 23.3 Å². The lowest BCUT2D eigenvalue weighted by Gasteiger charge is -2.11. The van der Waals surface area contributed by atoms with E-state index in [0.717, 1.165) is 27.3 Å². The Kier molecular flexibility index (Phi) is 5.28. The summed E-state index contributed by atoms with van der Waals surface area (Å²) in [6.45, 7) is 3.82. The molecule has 0 atom stereocenters. The van der Waals surface area contributed by atoms with Crippen molar-refractivity contribution in [2.75, 3.05) is 0 Å². The van der Waals surface area contributed by atoms with Crippen LogP contribution in [0, 0.1) is 24.0 Å². The summed E-state index contributed by atoms with van der Waals surface area (Å²) in [4.78, 5) is 23.4. The van der Waals surface area contributed by atoms with E-state index >= 15 is 0 Å². The molecule has 0 fully saturated rings. The summed E-state index contributed by atoms with van der Waals surface area (Å²) in [5, 5.41) is 12.6. The molecule has 0 aliphatic carbocycles. The van der Waals surface area contributed by atoms with E-state index in [-0.39, 0.29) is 11.8 Å². The highest BCUT2D eigenvalue weighted by Gasteiger charge is 2.28. The van der Waals surface area contributed by atoms with Gasteiger partial charge in [0.25, 0.3) is 0 Å². The standard InChI is InChI=1S/C21H15BrN4O4/c1-12-8-13(2)10-14(9-12)29-20-19(26(27)28)21(25-11-24-20)30-17-6-5-16(22)15-4-3-7-23-18(15)17/h3-11H,1-2H3. The van der Waals surface area contributed by atoms with Crippen LogP contribution in [0.1, 0.15) is 11.1 Å². The van der Waals surface area contributed by atoms with Gasteiger partial charge < -0.3 is 9.47 Å². The van der Waals surface area contributed by atoms with Gasteiger partial charge >= 0.3 is 17.4 Å². The highest BCUT2D eigenvalue weighted by atomic mass is 79.9. The third-order valence-corrected chi connectivity index (χ3v) is 4.93. The molecule has 0 aliphatic heterocycles. The van der Waals surface area contributed by atoms with Gasteiger partial charge in [0.15, 0.2) is 5.75 Å². The Hall–Kier alpha value is -3.59. The number of hydrogen-bond acceptors (Lipinski definition) is 7. The maximum atomic E-state index is 11.8. The van der Waals surface area contributed by atoms with Crippen molar-refractivity contribution in [3.05, 3.63) is 80.7 Å². The molecular weight excluding hydrogens is 452 g/mol. The number of fused-ring (bicyclic) bond motifs is 1. The number of pyridine rings is 1. The van der Waals surface area contributed by atoms with Crippen molar-refractivity contribution in [2.24, 2.45) is 0 Å². The molecule has 30 heavy (non-hydrogen) atoms. The minimum atomic E-state index is -0.623. The Bertz CT molecular complexity index is 1260. The van der Waals surface area contributed by atoms with E-state index in [4.69, 9.17) is 9.47 Å². The summed E-state index contributed by atoms with van der Waals surface area (Å²) in [6.07, 6.45) is 2.78. The minimum Gasteiger partial charge on any atom is -0.433 e. The Balaban J connectivity index is 1.77. The van der Waals surface area contributed by atoms with Crippen molar-refractivity contribution >= 4 is 32.5 Å². The summed E-state index contributed by atoms with van der Waals surface area (Å²) >= 11 is 3.47. The van der Waals surface area contributed by atoms with Crippen LogP contribution in [0.4, 0.5) is 5.69 Å². The molecule has 9 heteroatoms. The van der Waals surface area contributed by atoms with Crippen LogP contribution in [0.25, 0.3) is 10.9 Å². The predicted octanol–water partition coefficient (Wildman–Crippen LogP) is 5.90. The lowest BCUT2D eigenvalue weighted by molar-refractivity contribution is -0.387. The molecule has 0 amide bonds. The van der Waals surface area contributed by atoms with E-state index in [1.54, 1.807) is 36.5 Å². The zero-order valence-corrected chi connectivity index (χ0v) is 17.6. The Labute approximate surface area is 179 Å². The number of nitrogens with zero attached hydrogens (tertiary/aromatic N) is 4. The number of aromatic nitrogens is 3. The Morgan fingerprint density at radius 2 is 1.67 bits per heavy atom. The summed E-state index contributed by atoms with van der Waals surface area (Å²) in [5.74, 6) is 0.331. The molecule has 0 aliphatic rings. The maximum Gasteiger partial charge on any atom is 0.393 e. The Morgan fingerprint density at radius 1 is 0.967 bits per heavy atom. The molecule has 0 unspecified atom stereocenters. The van der Waals surface area contributed by atoms with E-state index in [0.29, 0.717) is 17.0 Å². The van der Waals surface area contributed by atoms with E-state index < -0.39 is 10.6 Å². The van der Waals surface area contributed by atoms with Gasteiger partial charge in [-0.3, -0.25) is 15.1 Å². The molecule has 0 saturated carbocycles. The number of ether oxygens (including phenoxy) is 2. The van der Waals surface area contributed by atoms with E-state index in [1.165, 1.54) is 0 Å². The number of aryl methyl sites for hydroxylation is 2. The quantitative estimate of drug-likeness (QED) is 0.266. The lowest BCUT2D eigenvalue weighted by Crippen LogP contribution is -2.01. The van der Waals surface area contributed by atoms with Crippen molar-refractivity contribution in [2.45, 2.75) is 13.8 Å². The second-order valence-electron chi connectivity index (χ2n) is 6.56. The van der Waals surface area contributed by atoms with Gasteiger partial charge in [0.05, 0.1) is 4.92 Å². The third-order valence-electron chi connectivity index (χ3n) is 4.23. The summed E-state index contributed by atoms with van der Waals surface area (Å²) in [7, 11) is 0. The van der Waals surface area contributed by atoms with Crippen molar-refractivity contribution in [3.63, 3.8) is 0 Å². The van der Waals surface area contributed by atoms with Crippen molar-refractivity contribution in [3.8, 4) is 23.3 Å². The largest absolute Gasteiger partial charge is 0.433 e. The van der Waals surface area contributed by atoms with Crippen molar-refractivity contribution in [1.82, 2.24) is 15.0 Å². The van der Waals surface area contributed by atoms with Gasteiger partial charge in [0, 0.05) is 16.1 Å². The molecule has 4 aromatic rings. The van der Waals surface area contributed by atoms with Gasteiger partial charge in [-0.25, -0.2) is 0 Å². The van der Waals surface area contributed by atoms with Gasteiger partial charge in [-0.2, -0.15) is 9.97 Å². The fourth-order valence-corrected chi connectivity index (χ4v) is 3.51. The number of nitro groups is 1. The average molecular weight is 467 g/mol. The zero-order valence-electron chi connectivity index (χ0n) is 16.0. The van der Waals surface area contributed by atoms with E-state index in [2.05, 4.69) is 30.9 Å². The first-order chi connectivity index (χ1) is 14.4. The minimum absolute atomic E-state index is 0.204. The summed E-state index contributed by atoms with van der Waals surface area (Å²) in [5.41, 5.74) is 2.00. The van der Waals surface area contributed by atoms with Crippen LogP contribution in [0.3, 0.4) is 0 Å². The highest BCUT2D eigenvalue weighted by Crippen LogP contribution is 2.40. The number of rotatable bonds is 5. The van der Waals surface area contributed by atoms with Gasteiger partial charge in [0.2, 0.25) is 0 Å². The van der Waals surface area contributed by atoms with Crippen LogP contribution >= 0.6 is 15.9 Å². The average Bonchev–Trinajstić information content (AvgIpc) is 2.69. The van der Waals surface area contributed by atoms with Gasteiger partial charge in [-0.05, 0) is 55.3 Å². The molecule has 4 rings (SSSR count). The van der Waals surface area contributed by atoms with Gasteiger partial charge in [-0.15, -0.1) is 0 Å². The van der Waals surface area contributed by atoms with E-state index in [9.17, 15) is 10.1 Å². The second-order valence-corrected chi connectivity index (χ2v) is 7.42. The first-order valence-electron chi connectivity index (χ1n) is 8.89. The second kappa shape index (κ2) is 8.03.